The number of halogens is 1. The lowest BCUT2D eigenvalue weighted by Crippen LogP contribution is -2.42. The van der Waals surface area contributed by atoms with Crippen molar-refractivity contribution in [2.75, 3.05) is 26.2 Å². The van der Waals surface area contributed by atoms with Crippen LogP contribution in [0.4, 0.5) is 0 Å². The van der Waals surface area contributed by atoms with Gasteiger partial charge in [-0.1, -0.05) is 24.3 Å². The van der Waals surface area contributed by atoms with E-state index in [4.69, 9.17) is 0 Å². The number of amides is 2. The molecule has 1 aromatic carbocycles. The lowest BCUT2D eigenvalue weighted by Gasteiger charge is -2.29. The predicted octanol–water partition coefficient (Wildman–Crippen LogP) is 1.50. The van der Waals surface area contributed by atoms with Gasteiger partial charge in [-0.25, -0.2) is 0 Å². The largest absolute Gasteiger partial charge is 0.347 e. The molecule has 5 nitrogen and oxygen atoms in total. The standard InChI is InChI=1S/C18H25N3O2.ClH/c22-17(6-5-14-7-9-19-11-14)20-12-18(23)21-10-8-15-3-1-2-4-16(15)13-21;/h1-4,14,19H,5-13H2,(H,20,22);1H. The number of hydrogen-bond acceptors (Lipinski definition) is 3. The number of rotatable bonds is 5. The summed E-state index contributed by atoms with van der Waals surface area (Å²) in [5.41, 5.74) is 2.54. The Balaban J connectivity index is 0.00000208. The highest BCUT2D eigenvalue weighted by Gasteiger charge is 2.21. The number of fused-ring (bicyclic) bond motifs is 1. The summed E-state index contributed by atoms with van der Waals surface area (Å²) in [4.78, 5) is 26.0. The van der Waals surface area contributed by atoms with Gasteiger partial charge in [0.15, 0.2) is 0 Å². The fourth-order valence-electron chi connectivity index (χ4n) is 3.38. The summed E-state index contributed by atoms with van der Waals surface area (Å²) in [6.07, 6.45) is 3.47. The summed E-state index contributed by atoms with van der Waals surface area (Å²) >= 11 is 0. The van der Waals surface area contributed by atoms with Gasteiger partial charge in [-0.2, -0.15) is 0 Å². The molecule has 0 aliphatic carbocycles. The van der Waals surface area contributed by atoms with Crippen LogP contribution in [0.3, 0.4) is 0 Å². The van der Waals surface area contributed by atoms with E-state index in [0.29, 0.717) is 18.9 Å². The minimum absolute atomic E-state index is 0. The first-order valence-electron chi connectivity index (χ1n) is 8.54. The first kappa shape index (κ1) is 18.7. The highest BCUT2D eigenvalue weighted by molar-refractivity contribution is 5.85. The Kier molecular flexibility index (Phi) is 7.06. The minimum atomic E-state index is -0.0114. The van der Waals surface area contributed by atoms with Gasteiger partial charge in [0.05, 0.1) is 6.54 Å². The summed E-state index contributed by atoms with van der Waals surface area (Å²) in [7, 11) is 0. The van der Waals surface area contributed by atoms with Crippen LogP contribution in [0.2, 0.25) is 0 Å². The lowest BCUT2D eigenvalue weighted by atomic mass is 10.00. The molecule has 1 atom stereocenters. The van der Waals surface area contributed by atoms with Crippen molar-refractivity contribution < 1.29 is 9.59 Å². The van der Waals surface area contributed by atoms with Crippen molar-refractivity contribution in [2.24, 2.45) is 5.92 Å². The Morgan fingerprint density at radius 2 is 2.04 bits per heavy atom. The van der Waals surface area contributed by atoms with Crippen LogP contribution in [-0.4, -0.2) is 42.9 Å². The number of nitrogens with one attached hydrogen (secondary N) is 2. The van der Waals surface area contributed by atoms with Gasteiger partial charge in [0, 0.05) is 19.5 Å². The molecule has 2 aliphatic heterocycles. The van der Waals surface area contributed by atoms with Gasteiger partial charge in [0.1, 0.15) is 0 Å². The van der Waals surface area contributed by atoms with E-state index in [1.165, 1.54) is 11.1 Å². The van der Waals surface area contributed by atoms with Gasteiger partial charge < -0.3 is 15.5 Å². The molecule has 0 bridgehead atoms. The zero-order valence-electron chi connectivity index (χ0n) is 13.9. The van der Waals surface area contributed by atoms with Crippen molar-refractivity contribution in [2.45, 2.75) is 32.2 Å². The van der Waals surface area contributed by atoms with Crippen molar-refractivity contribution in [3.05, 3.63) is 35.4 Å². The molecule has 1 saturated heterocycles. The molecule has 0 saturated carbocycles. The summed E-state index contributed by atoms with van der Waals surface area (Å²) < 4.78 is 0. The predicted molar refractivity (Wildman–Crippen MR) is 96.0 cm³/mol. The molecule has 3 rings (SSSR count). The van der Waals surface area contributed by atoms with E-state index >= 15 is 0 Å². The third kappa shape index (κ3) is 4.95. The molecule has 0 aromatic heterocycles. The quantitative estimate of drug-likeness (QED) is 0.845. The van der Waals surface area contributed by atoms with E-state index in [9.17, 15) is 9.59 Å². The van der Waals surface area contributed by atoms with Crippen LogP contribution in [0.15, 0.2) is 24.3 Å². The molecule has 2 amide bonds. The molecule has 0 radical (unpaired) electrons. The van der Waals surface area contributed by atoms with Crippen molar-refractivity contribution in [1.29, 1.82) is 0 Å². The Hall–Kier alpha value is -1.59. The normalized spacial score (nSPS) is 19.3. The van der Waals surface area contributed by atoms with Gasteiger partial charge >= 0.3 is 0 Å². The number of benzene rings is 1. The molecule has 6 heteroatoms. The van der Waals surface area contributed by atoms with Gasteiger partial charge in [-0.05, 0) is 49.4 Å². The molecular weight excluding hydrogens is 326 g/mol. The average molecular weight is 352 g/mol. The van der Waals surface area contributed by atoms with Gasteiger partial charge in [-0.3, -0.25) is 9.59 Å². The van der Waals surface area contributed by atoms with Crippen molar-refractivity contribution in [3.8, 4) is 0 Å². The molecule has 2 N–H and O–H groups in total. The summed E-state index contributed by atoms with van der Waals surface area (Å²) in [5.74, 6) is 0.605. The molecule has 132 valence electrons. The first-order chi connectivity index (χ1) is 11.2. The Morgan fingerprint density at radius 1 is 1.25 bits per heavy atom. The number of nitrogens with zero attached hydrogens (tertiary/aromatic N) is 1. The number of carbonyl (C=O) groups excluding carboxylic acids is 2. The van der Waals surface area contributed by atoms with E-state index in [1.54, 1.807) is 0 Å². The molecule has 1 aromatic rings. The van der Waals surface area contributed by atoms with Crippen LogP contribution in [0.5, 0.6) is 0 Å². The minimum Gasteiger partial charge on any atom is -0.347 e. The van der Waals surface area contributed by atoms with Crippen molar-refractivity contribution in [3.63, 3.8) is 0 Å². The van der Waals surface area contributed by atoms with Crippen LogP contribution in [-0.2, 0) is 22.6 Å². The molecule has 1 unspecified atom stereocenters. The van der Waals surface area contributed by atoms with Crippen LogP contribution < -0.4 is 10.6 Å². The van der Waals surface area contributed by atoms with Gasteiger partial charge in [-0.15, -0.1) is 12.4 Å². The van der Waals surface area contributed by atoms with E-state index in [1.807, 2.05) is 17.0 Å². The van der Waals surface area contributed by atoms with Gasteiger partial charge in [0.25, 0.3) is 0 Å². The second-order valence-electron chi connectivity index (χ2n) is 6.51. The van der Waals surface area contributed by atoms with Crippen LogP contribution in [0, 0.1) is 5.92 Å². The highest BCUT2D eigenvalue weighted by atomic mass is 35.5. The van der Waals surface area contributed by atoms with Crippen molar-refractivity contribution >= 4 is 24.2 Å². The first-order valence-corrected chi connectivity index (χ1v) is 8.54. The van der Waals surface area contributed by atoms with E-state index in [2.05, 4.69) is 22.8 Å². The lowest BCUT2D eigenvalue weighted by molar-refractivity contribution is -0.133. The van der Waals surface area contributed by atoms with Gasteiger partial charge in [0.2, 0.25) is 11.8 Å². The monoisotopic (exact) mass is 351 g/mol. The molecule has 0 spiro atoms. The van der Waals surface area contributed by atoms with Crippen LogP contribution in [0.1, 0.15) is 30.4 Å². The molecule has 24 heavy (non-hydrogen) atoms. The fraction of sp³-hybridized carbons (Fsp3) is 0.556. The zero-order valence-corrected chi connectivity index (χ0v) is 14.7. The second kappa shape index (κ2) is 9.04. The maximum absolute atomic E-state index is 12.3. The second-order valence-corrected chi connectivity index (χ2v) is 6.51. The number of carbonyl (C=O) groups is 2. The maximum atomic E-state index is 12.3. The Bertz CT molecular complexity index is 573. The Morgan fingerprint density at radius 3 is 2.79 bits per heavy atom. The van der Waals surface area contributed by atoms with E-state index in [-0.39, 0.29) is 30.8 Å². The highest BCUT2D eigenvalue weighted by Crippen LogP contribution is 2.18. The zero-order chi connectivity index (χ0) is 16.1. The third-order valence-electron chi connectivity index (χ3n) is 4.86. The fourth-order valence-corrected chi connectivity index (χ4v) is 3.38. The third-order valence-corrected chi connectivity index (χ3v) is 4.86. The smallest absolute Gasteiger partial charge is 0.242 e. The average Bonchev–Trinajstić information content (AvgIpc) is 3.11. The Labute approximate surface area is 149 Å². The summed E-state index contributed by atoms with van der Waals surface area (Å²) in [5, 5.41) is 6.08. The molecular formula is C18H26ClN3O2. The molecule has 2 aliphatic rings. The summed E-state index contributed by atoms with van der Waals surface area (Å²) in [6.45, 7) is 3.57. The maximum Gasteiger partial charge on any atom is 0.242 e. The molecule has 2 heterocycles. The van der Waals surface area contributed by atoms with E-state index < -0.39 is 0 Å². The molecule has 1 fully saturated rings. The number of hydrogen-bond donors (Lipinski definition) is 2. The van der Waals surface area contributed by atoms with Crippen LogP contribution >= 0.6 is 12.4 Å². The topological polar surface area (TPSA) is 61.4 Å². The summed E-state index contributed by atoms with van der Waals surface area (Å²) in [6, 6.07) is 8.24. The van der Waals surface area contributed by atoms with Crippen LogP contribution in [0.25, 0.3) is 0 Å². The van der Waals surface area contributed by atoms with Crippen molar-refractivity contribution in [1.82, 2.24) is 15.5 Å². The van der Waals surface area contributed by atoms with E-state index in [0.717, 1.165) is 38.9 Å². The SMILES string of the molecule is Cl.O=C(CCC1CCNC1)NCC(=O)N1CCc2ccccc2C1.